The molecule has 10 heteroatoms. The zero-order chi connectivity index (χ0) is 18.5. The van der Waals surface area contributed by atoms with Gasteiger partial charge in [-0.1, -0.05) is 0 Å². The lowest BCUT2D eigenvalue weighted by Crippen LogP contribution is -2.38. The van der Waals surface area contributed by atoms with Crippen molar-refractivity contribution in [2.75, 3.05) is 13.1 Å². The summed E-state index contributed by atoms with van der Waals surface area (Å²) in [4.78, 5) is 4.17. The van der Waals surface area contributed by atoms with Crippen molar-refractivity contribution >= 4 is 15.7 Å². The van der Waals surface area contributed by atoms with Gasteiger partial charge in [-0.05, 0) is 38.8 Å². The Morgan fingerprint density at radius 3 is 2.50 bits per heavy atom. The molecule has 9 nitrogen and oxygen atoms in total. The molecular formula is C16H21N7O2S. The molecule has 3 aromatic rings. The Morgan fingerprint density at radius 2 is 1.85 bits per heavy atom. The molecule has 0 radical (unpaired) electrons. The van der Waals surface area contributed by atoms with Crippen LogP contribution in [0.3, 0.4) is 0 Å². The van der Waals surface area contributed by atoms with Gasteiger partial charge in [-0.3, -0.25) is 0 Å². The van der Waals surface area contributed by atoms with Crippen LogP contribution in [0.5, 0.6) is 0 Å². The molecule has 0 unspecified atom stereocenters. The molecule has 0 spiro atoms. The number of fused-ring (bicyclic) bond motifs is 1. The van der Waals surface area contributed by atoms with Crippen LogP contribution in [0.15, 0.2) is 23.4 Å². The number of aromatic nitrogens is 6. The van der Waals surface area contributed by atoms with Gasteiger partial charge in [0.25, 0.3) is 10.0 Å². The van der Waals surface area contributed by atoms with E-state index in [2.05, 4.69) is 20.3 Å². The van der Waals surface area contributed by atoms with E-state index in [9.17, 15) is 8.42 Å². The van der Waals surface area contributed by atoms with Crippen LogP contribution < -0.4 is 0 Å². The zero-order valence-corrected chi connectivity index (χ0v) is 15.8. The van der Waals surface area contributed by atoms with Gasteiger partial charge >= 0.3 is 0 Å². The Labute approximate surface area is 151 Å². The van der Waals surface area contributed by atoms with Crippen LogP contribution in [0.25, 0.3) is 5.65 Å². The van der Waals surface area contributed by atoms with Crippen molar-refractivity contribution < 1.29 is 8.42 Å². The van der Waals surface area contributed by atoms with E-state index in [4.69, 9.17) is 0 Å². The third-order valence-corrected chi connectivity index (χ3v) is 6.70. The molecule has 3 aromatic heterocycles. The van der Waals surface area contributed by atoms with E-state index in [-0.39, 0.29) is 10.9 Å². The van der Waals surface area contributed by atoms with E-state index in [1.165, 1.54) is 4.31 Å². The van der Waals surface area contributed by atoms with Crippen LogP contribution in [0, 0.1) is 13.8 Å². The summed E-state index contributed by atoms with van der Waals surface area (Å²) in [7, 11) is -1.77. The summed E-state index contributed by atoms with van der Waals surface area (Å²) in [6.45, 7) is 4.58. The smallest absolute Gasteiger partial charge is 0.262 e. The Balaban J connectivity index is 1.54. The normalized spacial score (nSPS) is 17.2. The monoisotopic (exact) mass is 375 g/mol. The number of hydrogen-bond donors (Lipinski definition) is 0. The second-order valence-corrected chi connectivity index (χ2v) is 8.60. The molecular weight excluding hydrogens is 354 g/mol. The highest BCUT2D eigenvalue weighted by molar-refractivity contribution is 7.89. The molecule has 1 aliphatic rings. The summed E-state index contributed by atoms with van der Waals surface area (Å²) in [6, 6.07) is 3.79. The predicted octanol–water partition coefficient (Wildman–Crippen LogP) is 1.04. The zero-order valence-electron chi connectivity index (χ0n) is 15.0. The average Bonchev–Trinajstić information content (AvgIpc) is 3.18. The minimum absolute atomic E-state index is 0.112. The quantitative estimate of drug-likeness (QED) is 0.678. The summed E-state index contributed by atoms with van der Waals surface area (Å²) < 4.78 is 30.6. The lowest BCUT2D eigenvalue weighted by atomic mass is 9.97. The number of piperidine rings is 1. The molecule has 0 saturated carbocycles. The van der Waals surface area contributed by atoms with Gasteiger partial charge < -0.3 is 4.57 Å². The van der Waals surface area contributed by atoms with Crippen LogP contribution in [-0.2, 0) is 17.1 Å². The maximum atomic E-state index is 12.8. The number of aryl methyl sites for hydroxylation is 3. The Morgan fingerprint density at radius 1 is 1.12 bits per heavy atom. The van der Waals surface area contributed by atoms with Gasteiger partial charge in [-0.2, -0.15) is 13.9 Å². The molecule has 0 aromatic carbocycles. The maximum absolute atomic E-state index is 12.8. The lowest BCUT2D eigenvalue weighted by molar-refractivity contribution is 0.310. The van der Waals surface area contributed by atoms with Crippen molar-refractivity contribution in [3.8, 4) is 0 Å². The van der Waals surface area contributed by atoms with Crippen molar-refractivity contribution in [2.45, 2.75) is 37.6 Å². The fourth-order valence-electron chi connectivity index (χ4n) is 3.29. The second kappa shape index (κ2) is 6.13. The van der Waals surface area contributed by atoms with Crippen LogP contribution in [0.2, 0.25) is 0 Å². The van der Waals surface area contributed by atoms with E-state index in [1.807, 2.05) is 19.1 Å². The van der Waals surface area contributed by atoms with Gasteiger partial charge in [0.2, 0.25) is 0 Å². The summed E-state index contributed by atoms with van der Waals surface area (Å²) in [6.07, 6.45) is 2.93. The van der Waals surface area contributed by atoms with E-state index in [0.717, 1.165) is 11.5 Å². The summed E-state index contributed by atoms with van der Waals surface area (Å²) in [5.74, 6) is 1.61. The van der Waals surface area contributed by atoms with Crippen molar-refractivity contribution in [2.24, 2.45) is 7.05 Å². The van der Waals surface area contributed by atoms with Crippen LogP contribution in [-0.4, -0.2) is 55.2 Å². The molecule has 0 atom stereocenters. The SMILES string of the molecule is Cc1ccc2nnc(C3CCN(S(=O)(=O)c4cn(C)c(C)n4)CC3)n2n1. The fraction of sp³-hybridized carbons (Fsp3) is 0.500. The number of nitrogens with zero attached hydrogens (tertiary/aromatic N) is 7. The summed E-state index contributed by atoms with van der Waals surface area (Å²) in [5, 5.41) is 13.1. The second-order valence-electron chi connectivity index (χ2n) is 6.72. The topological polar surface area (TPSA) is 98.3 Å². The Hall–Kier alpha value is -2.33. The molecule has 0 aliphatic carbocycles. The molecule has 0 amide bonds. The highest BCUT2D eigenvalue weighted by atomic mass is 32.2. The highest BCUT2D eigenvalue weighted by Gasteiger charge is 2.33. The van der Waals surface area contributed by atoms with Gasteiger partial charge in [0.1, 0.15) is 5.82 Å². The molecule has 0 N–H and O–H groups in total. The molecule has 26 heavy (non-hydrogen) atoms. The fourth-order valence-corrected chi connectivity index (χ4v) is 4.78. The largest absolute Gasteiger partial charge is 0.337 e. The highest BCUT2D eigenvalue weighted by Crippen LogP contribution is 2.29. The minimum Gasteiger partial charge on any atom is -0.337 e. The van der Waals surface area contributed by atoms with Crippen LogP contribution >= 0.6 is 0 Å². The maximum Gasteiger partial charge on any atom is 0.262 e. The molecule has 1 saturated heterocycles. The number of hydrogen-bond acceptors (Lipinski definition) is 6. The van der Waals surface area contributed by atoms with Gasteiger partial charge in [-0.25, -0.2) is 13.4 Å². The third kappa shape index (κ3) is 2.78. The lowest BCUT2D eigenvalue weighted by Gasteiger charge is -2.29. The molecule has 1 aliphatic heterocycles. The third-order valence-electron chi connectivity index (χ3n) is 4.93. The van der Waals surface area contributed by atoms with Gasteiger partial charge in [0.05, 0.1) is 5.69 Å². The van der Waals surface area contributed by atoms with Crippen molar-refractivity contribution in [3.63, 3.8) is 0 Å². The van der Waals surface area contributed by atoms with Crippen molar-refractivity contribution in [1.29, 1.82) is 0 Å². The first-order valence-corrected chi connectivity index (χ1v) is 9.99. The van der Waals surface area contributed by atoms with E-state index < -0.39 is 10.0 Å². The van der Waals surface area contributed by atoms with E-state index in [1.54, 1.807) is 29.3 Å². The van der Waals surface area contributed by atoms with Crippen molar-refractivity contribution in [1.82, 2.24) is 33.7 Å². The molecule has 1 fully saturated rings. The first kappa shape index (κ1) is 17.1. The first-order chi connectivity index (χ1) is 12.4. The molecule has 138 valence electrons. The predicted molar refractivity (Wildman–Crippen MR) is 94.2 cm³/mol. The van der Waals surface area contributed by atoms with Gasteiger partial charge in [0, 0.05) is 32.3 Å². The standard InChI is InChI=1S/C16H21N7O2S/c1-11-4-5-14-18-19-16(23(14)20-11)13-6-8-22(9-7-13)26(24,25)15-10-21(3)12(2)17-15/h4-5,10,13H,6-9H2,1-3H3. The number of rotatable bonds is 3. The Bertz CT molecular complexity index is 1040. The number of imidazole rings is 1. The molecule has 0 bridgehead atoms. The van der Waals surface area contributed by atoms with E-state index >= 15 is 0 Å². The average molecular weight is 375 g/mol. The number of sulfonamides is 1. The van der Waals surface area contributed by atoms with Crippen LogP contribution in [0.4, 0.5) is 0 Å². The summed E-state index contributed by atoms with van der Waals surface area (Å²) in [5.41, 5.74) is 1.61. The Kier molecular flexibility index (Phi) is 4.03. The first-order valence-electron chi connectivity index (χ1n) is 8.55. The van der Waals surface area contributed by atoms with Crippen LogP contribution in [0.1, 0.15) is 36.1 Å². The molecule has 4 rings (SSSR count). The molecule has 4 heterocycles. The van der Waals surface area contributed by atoms with Gasteiger partial charge in [0.15, 0.2) is 16.5 Å². The van der Waals surface area contributed by atoms with E-state index in [0.29, 0.717) is 37.4 Å². The van der Waals surface area contributed by atoms with Gasteiger partial charge in [-0.15, -0.1) is 10.2 Å². The van der Waals surface area contributed by atoms with Crippen molar-refractivity contribution in [3.05, 3.63) is 35.7 Å². The minimum atomic E-state index is -3.56. The summed E-state index contributed by atoms with van der Waals surface area (Å²) >= 11 is 0.